The number of nitrogens with one attached hydrogen (secondary N) is 5. The Kier molecular flexibility index (Phi) is 27.8. The number of rotatable bonds is 33. The summed E-state index contributed by atoms with van der Waals surface area (Å²) in [5.41, 5.74) is 3.75. The predicted molar refractivity (Wildman–Crippen MR) is 283 cm³/mol. The average Bonchev–Trinajstić information content (AvgIpc) is 3.33. The maximum Gasteiger partial charge on any atom is 0.281 e. The first-order valence-corrected chi connectivity index (χ1v) is 25.5. The SMILES string of the molecule is CCCCN(CCCC)CCCNC(=O)c1ccc(Cl)c(N=NC(C(C)=O)C(=O)Nc2cc(Cl)c(CC(=O)/C(=N/Nc3cc(C(=O)NCCCN(CCCC)CCCC)ccc3Cl)OC=N)cc2Cl)c1. The van der Waals surface area contributed by atoms with Crippen LogP contribution in [0.5, 0.6) is 0 Å². The summed E-state index contributed by atoms with van der Waals surface area (Å²) in [4.78, 5) is 70.4. The maximum atomic E-state index is 13.4. The van der Waals surface area contributed by atoms with Gasteiger partial charge in [0.1, 0.15) is 5.69 Å². The number of hydrogen-bond acceptors (Lipinski definition) is 13. The number of unbranched alkanes of at least 4 members (excludes halogenated alkanes) is 4. The van der Waals surface area contributed by atoms with Crippen molar-refractivity contribution in [3.8, 4) is 0 Å². The second kappa shape index (κ2) is 32.8. The summed E-state index contributed by atoms with van der Waals surface area (Å²) in [6.07, 6.45) is 10.7. The number of halogens is 4. The number of amides is 3. The van der Waals surface area contributed by atoms with E-state index in [-0.39, 0.29) is 60.1 Å². The standard InChI is InChI=1S/C50H68Cl4N10O6/c1-6-10-22-63(23-11-7-2)26-14-20-56-47(67)35-16-18-38(51)43(29-35)59-61-46(34(5)65)49(69)58-42-32-40(53)37(28-41(42)54)31-45(66)50(70-33-55)62-60-44-30-36(17-19-39(44)52)48(68)57-21-15-27-64(24-12-8-3)25-13-9-4/h16-19,28-30,32-33,46,55,60H,6-15,20-27,31H2,1-5H3,(H,56,67)(H,57,68)(H,58,69)/b55-33?,61-59?,62-50-. The van der Waals surface area contributed by atoms with E-state index in [1.807, 2.05) is 0 Å². The molecule has 5 N–H and O–H groups in total. The zero-order chi connectivity index (χ0) is 51.4. The van der Waals surface area contributed by atoms with Gasteiger partial charge in [0, 0.05) is 35.7 Å². The molecule has 0 saturated heterocycles. The van der Waals surface area contributed by atoms with Crippen molar-refractivity contribution in [1.82, 2.24) is 20.4 Å². The smallest absolute Gasteiger partial charge is 0.281 e. The van der Waals surface area contributed by atoms with Gasteiger partial charge in [0.25, 0.3) is 23.6 Å². The van der Waals surface area contributed by atoms with Crippen molar-refractivity contribution in [3.05, 3.63) is 85.3 Å². The van der Waals surface area contributed by atoms with Gasteiger partial charge in [-0.05, 0) is 139 Å². The third-order valence-corrected chi connectivity index (χ3v) is 12.3. The molecular formula is C50H68Cl4N10O6. The molecule has 20 heteroatoms. The number of azo groups is 1. The quantitative estimate of drug-likeness (QED) is 0.00980. The van der Waals surface area contributed by atoms with Crippen molar-refractivity contribution >= 4 is 105 Å². The maximum absolute atomic E-state index is 13.4. The van der Waals surface area contributed by atoms with Crippen molar-refractivity contribution in [1.29, 1.82) is 5.41 Å². The van der Waals surface area contributed by atoms with Crippen LogP contribution in [0, 0.1) is 5.41 Å². The van der Waals surface area contributed by atoms with E-state index in [1.165, 1.54) is 36.4 Å². The first-order valence-electron chi connectivity index (χ1n) is 24.0. The minimum absolute atomic E-state index is 0.00986. The number of nitrogens with zero attached hydrogens (tertiary/aromatic N) is 5. The number of benzene rings is 3. The van der Waals surface area contributed by atoms with Gasteiger partial charge >= 0.3 is 0 Å². The summed E-state index contributed by atoms with van der Waals surface area (Å²) in [5, 5.41) is 28.3. The Hall–Kier alpha value is -4.97. The van der Waals surface area contributed by atoms with Gasteiger partial charge in [0.05, 0.1) is 26.4 Å². The lowest BCUT2D eigenvalue weighted by atomic mass is 10.1. The van der Waals surface area contributed by atoms with E-state index >= 15 is 0 Å². The van der Waals surface area contributed by atoms with Crippen LogP contribution in [0.4, 0.5) is 17.1 Å². The van der Waals surface area contributed by atoms with Crippen LogP contribution < -0.4 is 21.4 Å². The van der Waals surface area contributed by atoms with Crippen LogP contribution in [0.2, 0.25) is 20.1 Å². The summed E-state index contributed by atoms with van der Waals surface area (Å²) >= 11 is 25.9. The Labute approximate surface area is 432 Å². The van der Waals surface area contributed by atoms with Gasteiger partial charge in [0.15, 0.2) is 12.2 Å². The van der Waals surface area contributed by atoms with Crippen molar-refractivity contribution in [3.63, 3.8) is 0 Å². The van der Waals surface area contributed by atoms with Crippen LogP contribution in [0.1, 0.15) is 125 Å². The first kappa shape index (κ1) is 59.3. The number of Topliss-reactive ketones (excluding diaryl/α,β-unsaturated/α-hetero) is 2. The van der Waals surface area contributed by atoms with Crippen LogP contribution in [0.3, 0.4) is 0 Å². The van der Waals surface area contributed by atoms with Gasteiger partial charge in [-0.3, -0.25) is 34.8 Å². The molecule has 70 heavy (non-hydrogen) atoms. The molecular weight excluding hydrogens is 978 g/mol. The molecule has 3 rings (SSSR count). The molecule has 0 radical (unpaired) electrons. The third-order valence-electron chi connectivity index (χ3n) is 11.0. The summed E-state index contributed by atoms with van der Waals surface area (Å²) < 4.78 is 5.11. The monoisotopic (exact) mass is 1040 g/mol. The van der Waals surface area contributed by atoms with E-state index in [4.69, 9.17) is 56.5 Å². The van der Waals surface area contributed by atoms with Gasteiger partial charge in [-0.1, -0.05) is 99.8 Å². The zero-order valence-corrected chi connectivity index (χ0v) is 43.9. The Morgan fingerprint density at radius 2 is 1.17 bits per heavy atom. The number of ether oxygens (including phenoxy) is 1. The normalized spacial score (nSPS) is 12.0. The molecule has 3 aromatic rings. The van der Waals surface area contributed by atoms with Gasteiger partial charge in [-0.25, -0.2) is 0 Å². The van der Waals surface area contributed by atoms with Crippen molar-refractivity contribution in [2.75, 3.05) is 63.1 Å². The Balaban J connectivity index is 1.65. The van der Waals surface area contributed by atoms with E-state index in [0.29, 0.717) is 25.1 Å². The molecule has 0 aromatic heterocycles. The number of hydrazone groups is 1. The van der Waals surface area contributed by atoms with Crippen LogP contribution in [-0.4, -0.2) is 110 Å². The summed E-state index contributed by atoms with van der Waals surface area (Å²) in [6.45, 7) is 16.7. The number of hydrogen-bond donors (Lipinski definition) is 5. The summed E-state index contributed by atoms with van der Waals surface area (Å²) in [7, 11) is 0. The van der Waals surface area contributed by atoms with Gasteiger partial charge in [0.2, 0.25) is 11.8 Å². The largest absolute Gasteiger partial charge is 0.424 e. The van der Waals surface area contributed by atoms with Crippen molar-refractivity contribution in [2.45, 2.75) is 111 Å². The minimum atomic E-state index is -1.63. The van der Waals surface area contributed by atoms with E-state index in [9.17, 15) is 24.0 Å². The number of ketones is 2. The molecule has 382 valence electrons. The van der Waals surface area contributed by atoms with Crippen molar-refractivity contribution in [2.24, 2.45) is 15.3 Å². The lowest BCUT2D eigenvalue weighted by Gasteiger charge is -2.21. The van der Waals surface area contributed by atoms with Gasteiger partial charge in [-0.2, -0.15) is 10.2 Å². The molecule has 0 aliphatic carbocycles. The molecule has 1 atom stereocenters. The number of carbonyl (C=O) groups is 5. The minimum Gasteiger partial charge on any atom is -0.424 e. The van der Waals surface area contributed by atoms with Gasteiger partial charge in [-0.15, -0.1) is 5.10 Å². The molecule has 0 spiro atoms. The van der Waals surface area contributed by atoms with E-state index in [1.54, 1.807) is 12.1 Å². The van der Waals surface area contributed by atoms with Crippen LogP contribution in [-0.2, 0) is 25.5 Å². The highest BCUT2D eigenvalue weighted by Crippen LogP contribution is 2.31. The zero-order valence-electron chi connectivity index (χ0n) is 40.9. The van der Waals surface area contributed by atoms with Crippen LogP contribution in [0.15, 0.2) is 63.9 Å². The molecule has 3 amide bonds. The highest BCUT2D eigenvalue weighted by molar-refractivity contribution is 6.40. The topological polar surface area (TPSA) is 210 Å². The van der Waals surface area contributed by atoms with Gasteiger partial charge < -0.3 is 30.5 Å². The summed E-state index contributed by atoms with van der Waals surface area (Å²) in [5.74, 6) is -3.41. The van der Waals surface area contributed by atoms with E-state index < -0.39 is 35.8 Å². The molecule has 0 aliphatic rings. The summed E-state index contributed by atoms with van der Waals surface area (Å²) in [6, 6.07) is 10.0. The van der Waals surface area contributed by atoms with Crippen LogP contribution >= 0.6 is 46.4 Å². The van der Waals surface area contributed by atoms with E-state index in [2.05, 4.69) is 74.2 Å². The van der Waals surface area contributed by atoms with E-state index in [0.717, 1.165) is 110 Å². The predicted octanol–water partition coefficient (Wildman–Crippen LogP) is 11.2. The fourth-order valence-electron chi connectivity index (χ4n) is 6.92. The van der Waals surface area contributed by atoms with Crippen LogP contribution in [0.25, 0.3) is 0 Å². The third kappa shape index (κ3) is 20.8. The molecule has 0 bridgehead atoms. The number of carbonyl (C=O) groups excluding carboxylic acids is 5. The Morgan fingerprint density at radius 3 is 1.69 bits per heavy atom. The Bertz CT molecular complexity index is 2260. The highest BCUT2D eigenvalue weighted by Gasteiger charge is 2.26. The molecule has 0 heterocycles. The highest BCUT2D eigenvalue weighted by atomic mass is 35.5. The molecule has 0 fully saturated rings. The Morgan fingerprint density at radius 1 is 0.657 bits per heavy atom. The first-order chi connectivity index (χ1) is 33.6. The second-order valence-corrected chi connectivity index (χ2v) is 18.3. The molecule has 1 unspecified atom stereocenters. The van der Waals surface area contributed by atoms with Crippen molar-refractivity contribution < 1.29 is 28.7 Å². The molecule has 0 saturated carbocycles. The average molecular weight is 1050 g/mol. The number of anilines is 2. The lowest BCUT2D eigenvalue weighted by molar-refractivity contribution is -0.126. The molecule has 3 aromatic carbocycles. The fraction of sp³-hybridized carbons (Fsp3) is 0.500. The second-order valence-electron chi connectivity index (χ2n) is 16.7. The molecule has 0 aliphatic heterocycles. The fourth-order valence-corrected chi connectivity index (χ4v) is 7.70. The molecule has 16 nitrogen and oxygen atoms in total. The lowest BCUT2D eigenvalue weighted by Crippen LogP contribution is -2.32.